The first-order valence-corrected chi connectivity index (χ1v) is 14.3. The van der Waals surface area contributed by atoms with E-state index in [1.54, 1.807) is 91.0 Å². The van der Waals surface area contributed by atoms with Crippen LogP contribution in [0.3, 0.4) is 0 Å². The van der Waals surface area contributed by atoms with Crippen molar-refractivity contribution in [2.75, 3.05) is 9.80 Å². The van der Waals surface area contributed by atoms with Crippen LogP contribution in [0.25, 0.3) is 0 Å². The maximum atomic E-state index is 14.0. The van der Waals surface area contributed by atoms with Gasteiger partial charge >= 0.3 is 0 Å². The van der Waals surface area contributed by atoms with Gasteiger partial charge in [-0.05, 0) is 94.4 Å². The fourth-order valence-corrected chi connectivity index (χ4v) is 5.05. The molecule has 0 saturated heterocycles. The minimum absolute atomic E-state index is 0.222. The average Bonchev–Trinajstić information content (AvgIpc) is 3.01. The molecule has 0 N–H and O–H groups in total. The molecule has 0 spiro atoms. The molecule has 0 aliphatic heterocycles. The van der Waals surface area contributed by atoms with E-state index >= 15 is 0 Å². The Bertz CT molecular complexity index is 1660. The Morgan fingerprint density at radius 2 is 0.614 bits per heavy atom. The third-order valence-electron chi connectivity index (χ3n) is 7.22. The second kappa shape index (κ2) is 12.7. The molecule has 0 heterocycles. The number of carbonyl (C=O) groups excluding carboxylic acids is 4. The van der Waals surface area contributed by atoms with Crippen LogP contribution < -0.4 is 9.80 Å². The molecule has 0 unspecified atom stereocenters. The molecule has 0 aliphatic rings. The summed E-state index contributed by atoms with van der Waals surface area (Å²) < 4.78 is 0. The van der Waals surface area contributed by atoms with Crippen LogP contribution in [0.5, 0.6) is 0 Å². The van der Waals surface area contributed by atoms with Gasteiger partial charge in [-0.15, -0.1) is 0 Å². The Kier molecular flexibility index (Phi) is 8.63. The zero-order valence-corrected chi connectivity index (χ0v) is 25.1. The maximum Gasteiger partial charge on any atom is 0.265 e. The summed E-state index contributed by atoms with van der Waals surface area (Å²) in [6, 6.07) is 34.4. The summed E-state index contributed by atoms with van der Waals surface area (Å²) in [6.45, 7) is 7.48. The Labute approximate surface area is 257 Å². The fourth-order valence-electron chi connectivity index (χ4n) is 5.05. The van der Waals surface area contributed by atoms with E-state index in [0.717, 1.165) is 32.1 Å². The highest BCUT2D eigenvalue weighted by atomic mass is 16.2. The number of hydrogen-bond donors (Lipinski definition) is 0. The van der Waals surface area contributed by atoms with Gasteiger partial charge in [0, 0.05) is 22.3 Å². The van der Waals surface area contributed by atoms with Crippen LogP contribution in [0.1, 0.15) is 63.7 Å². The molecule has 6 nitrogen and oxygen atoms in total. The molecule has 0 aromatic heterocycles. The second-order valence-corrected chi connectivity index (χ2v) is 10.9. The largest absolute Gasteiger partial charge is 0.268 e. The lowest BCUT2D eigenvalue weighted by Gasteiger charge is -2.25. The third kappa shape index (κ3) is 6.40. The van der Waals surface area contributed by atoms with Crippen LogP contribution in [-0.4, -0.2) is 23.6 Å². The van der Waals surface area contributed by atoms with E-state index in [4.69, 9.17) is 0 Å². The molecule has 5 aromatic carbocycles. The quantitative estimate of drug-likeness (QED) is 0.191. The van der Waals surface area contributed by atoms with Crippen molar-refractivity contribution in [2.45, 2.75) is 27.7 Å². The number of nitrogens with zero attached hydrogens (tertiary/aromatic N) is 2. The van der Waals surface area contributed by atoms with Gasteiger partial charge in [-0.1, -0.05) is 76.9 Å². The predicted molar refractivity (Wildman–Crippen MR) is 173 cm³/mol. The van der Waals surface area contributed by atoms with E-state index in [-0.39, 0.29) is 11.4 Å². The molecular weight excluding hydrogens is 548 g/mol. The van der Waals surface area contributed by atoms with E-state index in [2.05, 4.69) is 0 Å². The van der Waals surface area contributed by atoms with Crippen molar-refractivity contribution in [1.82, 2.24) is 0 Å². The number of hydrogen-bond acceptors (Lipinski definition) is 4. The number of aryl methyl sites for hydroxylation is 4. The second-order valence-electron chi connectivity index (χ2n) is 10.9. The van der Waals surface area contributed by atoms with Crippen molar-refractivity contribution >= 4 is 35.0 Å². The summed E-state index contributed by atoms with van der Waals surface area (Å²) in [6.07, 6.45) is 0. The maximum absolute atomic E-state index is 14.0. The molecule has 5 aromatic rings. The fraction of sp³-hybridized carbons (Fsp3) is 0.105. The molecule has 0 saturated carbocycles. The molecule has 0 bridgehead atoms. The van der Waals surface area contributed by atoms with Crippen molar-refractivity contribution in [3.63, 3.8) is 0 Å². The van der Waals surface area contributed by atoms with Gasteiger partial charge < -0.3 is 0 Å². The van der Waals surface area contributed by atoms with Crippen molar-refractivity contribution in [2.24, 2.45) is 0 Å². The molecule has 0 radical (unpaired) electrons. The normalized spacial score (nSPS) is 10.6. The lowest BCUT2D eigenvalue weighted by Crippen LogP contribution is -2.39. The number of imide groups is 2. The number of carbonyl (C=O) groups is 4. The average molecular weight is 581 g/mol. The van der Waals surface area contributed by atoms with Gasteiger partial charge in [0.1, 0.15) is 0 Å². The smallest absolute Gasteiger partial charge is 0.265 e. The van der Waals surface area contributed by atoms with Gasteiger partial charge in [-0.2, -0.15) is 0 Å². The number of benzene rings is 5. The molecule has 0 aliphatic carbocycles. The molecule has 44 heavy (non-hydrogen) atoms. The number of anilines is 2. The zero-order valence-electron chi connectivity index (χ0n) is 25.1. The first-order valence-electron chi connectivity index (χ1n) is 14.3. The van der Waals surface area contributed by atoms with Gasteiger partial charge in [-0.25, -0.2) is 9.80 Å². The Balaban J connectivity index is 1.66. The first kappa shape index (κ1) is 29.9. The van der Waals surface area contributed by atoms with Crippen LogP contribution in [-0.2, 0) is 0 Å². The van der Waals surface area contributed by atoms with Crippen LogP contribution >= 0.6 is 0 Å². The Morgan fingerprint density at radius 1 is 0.364 bits per heavy atom. The van der Waals surface area contributed by atoms with Crippen molar-refractivity contribution in [1.29, 1.82) is 0 Å². The van der Waals surface area contributed by atoms with E-state index in [0.29, 0.717) is 22.3 Å². The first-order chi connectivity index (χ1) is 21.1. The summed E-state index contributed by atoms with van der Waals surface area (Å²) in [5.41, 5.74) is 5.24. The van der Waals surface area contributed by atoms with Gasteiger partial charge in [0.05, 0.1) is 11.4 Å². The minimum Gasteiger partial charge on any atom is -0.268 e. The standard InChI is InChI=1S/C38H32N2O4/c1-25-10-5-14-29(20-25)35(41)39(36(42)30-15-6-11-26(2)21-30)33-18-9-19-34(24-33)40(37(43)31-16-7-12-27(3)22-31)38(44)32-17-8-13-28(4)23-32/h5-24H,1-4H3. The van der Waals surface area contributed by atoms with E-state index in [1.807, 2.05) is 52.0 Å². The highest BCUT2D eigenvalue weighted by Crippen LogP contribution is 2.29. The number of rotatable bonds is 6. The zero-order chi connectivity index (χ0) is 31.4. The van der Waals surface area contributed by atoms with E-state index in [9.17, 15) is 19.2 Å². The van der Waals surface area contributed by atoms with Crippen molar-refractivity contribution in [3.8, 4) is 0 Å². The Hall–Kier alpha value is -5.62. The van der Waals surface area contributed by atoms with Gasteiger partial charge in [0.25, 0.3) is 23.6 Å². The van der Waals surface area contributed by atoms with Crippen LogP contribution in [0, 0.1) is 27.7 Å². The van der Waals surface area contributed by atoms with Crippen molar-refractivity contribution in [3.05, 3.63) is 166 Å². The third-order valence-corrected chi connectivity index (χ3v) is 7.22. The van der Waals surface area contributed by atoms with Crippen molar-refractivity contribution < 1.29 is 19.2 Å². The molecular formula is C38H32N2O4. The molecule has 0 atom stereocenters. The van der Waals surface area contributed by atoms with Crippen LogP contribution in [0.4, 0.5) is 11.4 Å². The topological polar surface area (TPSA) is 74.8 Å². The summed E-state index contributed by atoms with van der Waals surface area (Å²) in [7, 11) is 0. The summed E-state index contributed by atoms with van der Waals surface area (Å²) >= 11 is 0. The highest BCUT2D eigenvalue weighted by Gasteiger charge is 2.30. The highest BCUT2D eigenvalue weighted by molar-refractivity contribution is 6.28. The van der Waals surface area contributed by atoms with Gasteiger partial charge in [0.15, 0.2) is 0 Å². The van der Waals surface area contributed by atoms with E-state index < -0.39 is 23.6 Å². The van der Waals surface area contributed by atoms with Crippen LogP contribution in [0.2, 0.25) is 0 Å². The summed E-state index contributed by atoms with van der Waals surface area (Å²) in [4.78, 5) is 58.3. The number of amides is 4. The lowest BCUT2D eigenvalue weighted by molar-refractivity contribution is 0.0884. The molecule has 218 valence electrons. The van der Waals surface area contributed by atoms with Gasteiger partial charge in [0.2, 0.25) is 0 Å². The molecule has 6 heteroatoms. The minimum atomic E-state index is -0.529. The van der Waals surface area contributed by atoms with E-state index in [1.165, 1.54) is 6.07 Å². The predicted octanol–water partition coefficient (Wildman–Crippen LogP) is 7.89. The molecule has 5 rings (SSSR count). The summed E-state index contributed by atoms with van der Waals surface area (Å²) in [5.74, 6) is -2.12. The van der Waals surface area contributed by atoms with Gasteiger partial charge in [-0.3, -0.25) is 19.2 Å². The molecule has 4 amide bonds. The molecule has 0 fully saturated rings. The summed E-state index contributed by atoms with van der Waals surface area (Å²) in [5, 5.41) is 0. The SMILES string of the molecule is Cc1cccc(C(=O)N(C(=O)c2cccc(C)c2)c2cccc(N(C(=O)c3cccc(C)c3)C(=O)c3cccc(C)c3)c2)c1. The lowest BCUT2D eigenvalue weighted by atomic mass is 10.1. The monoisotopic (exact) mass is 580 g/mol. The van der Waals surface area contributed by atoms with Crippen LogP contribution in [0.15, 0.2) is 121 Å². The Morgan fingerprint density at radius 3 is 0.864 bits per heavy atom.